The molecule has 0 atom stereocenters. The van der Waals surface area contributed by atoms with Crippen LogP contribution in [0.3, 0.4) is 0 Å². The van der Waals surface area contributed by atoms with E-state index in [1.54, 1.807) is 21.3 Å². The summed E-state index contributed by atoms with van der Waals surface area (Å²) in [5.41, 5.74) is 2.37. The molecule has 0 spiro atoms. The summed E-state index contributed by atoms with van der Waals surface area (Å²) in [5.74, 6) is 0. The van der Waals surface area contributed by atoms with Crippen LogP contribution in [0.5, 0.6) is 0 Å². The van der Waals surface area contributed by atoms with Crippen molar-refractivity contribution in [2.75, 3.05) is 4.90 Å². The highest BCUT2D eigenvalue weighted by molar-refractivity contribution is 7.26. The van der Waals surface area contributed by atoms with Crippen LogP contribution in [-0.4, -0.2) is 23.8 Å². The SMILES string of the molecule is CC(C)(O)C(C)(C)O[B]c1ccccc1N(c1cccc2c1sc1ccccc12)c1cccc2sc3ccccc3c12. The second kappa shape index (κ2) is 10.2. The monoisotopic (exact) mass is 584 g/mol. The van der Waals surface area contributed by atoms with E-state index in [-0.39, 0.29) is 0 Å². The first-order valence-corrected chi connectivity index (χ1v) is 15.8. The Kier molecular flexibility index (Phi) is 6.63. The maximum absolute atomic E-state index is 10.8. The number of para-hydroxylation sites is 1. The van der Waals surface area contributed by atoms with E-state index in [0.717, 1.165) is 22.5 Å². The van der Waals surface area contributed by atoms with Gasteiger partial charge in [0.05, 0.1) is 27.3 Å². The fourth-order valence-corrected chi connectivity index (χ4v) is 7.72. The van der Waals surface area contributed by atoms with Gasteiger partial charge in [0, 0.05) is 41.3 Å². The van der Waals surface area contributed by atoms with Crippen molar-refractivity contribution in [1.82, 2.24) is 0 Å². The summed E-state index contributed by atoms with van der Waals surface area (Å²) < 4.78 is 11.4. The molecule has 0 saturated carbocycles. The average molecular weight is 585 g/mol. The number of hydrogen-bond donors (Lipinski definition) is 1. The van der Waals surface area contributed by atoms with Gasteiger partial charge >= 0.3 is 7.48 Å². The first-order chi connectivity index (χ1) is 20.2. The lowest BCUT2D eigenvalue weighted by Crippen LogP contribution is -2.49. The molecule has 42 heavy (non-hydrogen) atoms. The average Bonchev–Trinajstić information content (AvgIpc) is 3.56. The van der Waals surface area contributed by atoms with Crippen molar-refractivity contribution in [3.05, 3.63) is 109 Å². The number of benzene rings is 5. The van der Waals surface area contributed by atoms with E-state index < -0.39 is 11.2 Å². The van der Waals surface area contributed by atoms with Crippen LogP contribution in [0.4, 0.5) is 17.1 Å². The van der Waals surface area contributed by atoms with Crippen LogP contribution in [-0.2, 0) is 4.65 Å². The molecular weight excluding hydrogens is 553 g/mol. The van der Waals surface area contributed by atoms with Gasteiger partial charge in [-0.1, -0.05) is 72.8 Å². The number of thiophene rings is 2. The first kappa shape index (κ1) is 27.2. The zero-order valence-corrected chi connectivity index (χ0v) is 25.7. The fourth-order valence-electron chi connectivity index (χ4n) is 5.39. The highest BCUT2D eigenvalue weighted by Crippen LogP contribution is 2.48. The lowest BCUT2D eigenvalue weighted by molar-refractivity contribution is -0.0893. The van der Waals surface area contributed by atoms with Crippen LogP contribution in [0.2, 0.25) is 0 Å². The molecule has 2 aromatic heterocycles. The molecule has 0 bridgehead atoms. The smallest absolute Gasteiger partial charge is 0.333 e. The van der Waals surface area contributed by atoms with Crippen molar-refractivity contribution >= 4 is 93.0 Å². The van der Waals surface area contributed by atoms with Gasteiger partial charge < -0.3 is 14.7 Å². The maximum atomic E-state index is 10.8. The van der Waals surface area contributed by atoms with Gasteiger partial charge in [-0.15, -0.1) is 22.7 Å². The van der Waals surface area contributed by atoms with Crippen LogP contribution in [0.15, 0.2) is 109 Å². The molecule has 0 saturated heterocycles. The summed E-state index contributed by atoms with van der Waals surface area (Å²) in [6.07, 6.45) is 0. The topological polar surface area (TPSA) is 32.7 Å². The van der Waals surface area contributed by atoms with Crippen molar-refractivity contribution < 1.29 is 9.76 Å². The highest BCUT2D eigenvalue weighted by Gasteiger charge is 2.36. The summed E-state index contributed by atoms with van der Waals surface area (Å²) in [7, 11) is 1.80. The van der Waals surface area contributed by atoms with Crippen LogP contribution < -0.4 is 10.4 Å². The van der Waals surface area contributed by atoms with E-state index in [4.69, 9.17) is 4.65 Å². The van der Waals surface area contributed by atoms with Crippen LogP contribution in [0.1, 0.15) is 27.7 Å². The predicted molar refractivity (Wildman–Crippen MR) is 184 cm³/mol. The van der Waals surface area contributed by atoms with Gasteiger partial charge in [-0.2, -0.15) is 0 Å². The van der Waals surface area contributed by atoms with Gasteiger partial charge in [-0.3, -0.25) is 0 Å². The summed E-state index contributed by atoms with van der Waals surface area (Å²) in [6.45, 7) is 7.40. The number of aliphatic hydroxyl groups is 1. The molecule has 3 nitrogen and oxygen atoms in total. The quantitative estimate of drug-likeness (QED) is 0.189. The molecule has 6 heteroatoms. The van der Waals surface area contributed by atoms with Gasteiger partial charge in [0.1, 0.15) is 0 Å². The zero-order chi connectivity index (χ0) is 29.1. The van der Waals surface area contributed by atoms with Crippen LogP contribution >= 0.6 is 22.7 Å². The molecule has 0 aliphatic heterocycles. The summed E-state index contributed by atoms with van der Waals surface area (Å²) in [6, 6.07) is 38.9. The lowest BCUT2D eigenvalue weighted by Gasteiger charge is -2.38. The molecule has 0 aliphatic carbocycles. The van der Waals surface area contributed by atoms with E-state index in [1.807, 2.05) is 42.6 Å². The Morgan fingerprint density at radius 2 is 1.17 bits per heavy atom. The van der Waals surface area contributed by atoms with Gasteiger partial charge in [0.15, 0.2) is 0 Å². The predicted octanol–water partition coefficient (Wildman–Crippen LogP) is 9.70. The van der Waals surface area contributed by atoms with E-state index in [0.29, 0.717) is 0 Å². The molecule has 7 rings (SSSR count). The fraction of sp³-hybridized carbons (Fsp3) is 0.167. The lowest BCUT2D eigenvalue weighted by atomic mass is 9.81. The van der Waals surface area contributed by atoms with Gasteiger partial charge in [-0.05, 0) is 69.6 Å². The van der Waals surface area contributed by atoms with E-state index in [2.05, 4.69) is 108 Å². The van der Waals surface area contributed by atoms with Crippen molar-refractivity contribution in [2.24, 2.45) is 0 Å². The largest absolute Gasteiger partial charge is 0.427 e. The van der Waals surface area contributed by atoms with E-state index >= 15 is 0 Å². The molecular formula is C36H31BNO2S2. The van der Waals surface area contributed by atoms with E-state index in [9.17, 15) is 5.11 Å². The molecule has 0 fully saturated rings. The van der Waals surface area contributed by atoms with Crippen molar-refractivity contribution in [3.8, 4) is 0 Å². The summed E-state index contributed by atoms with van der Waals surface area (Å²) in [5, 5.41) is 15.8. The molecule has 1 N–H and O–H groups in total. The Morgan fingerprint density at radius 1 is 0.595 bits per heavy atom. The molecule has 0 aliphatic rings. The van der Waals surface area contributed by atoms with Crippen molar-refractivity contribution in [1.29, 1.82) is 0 Å². The number of nitrogens with zero attached hydrogens (tertiary/aromatic N) is 1. The standard InChI is InChI=1S/C36H31BNO2S2/c1-35(2,39)36(3,4)40-37-26-16-7-8-17-27(26)38(28-18-12-22-32-33(28)25-14-6-10-21-31(25)41-32)29-19-11-15-24-23-13-5-9-20-30(23)42-34(24)29/h5-22,39H,1-4H3. The van der Waals surface area contributed by atoms with Crippen molar-refractivity contribution in [3.63, 3.8) is 0 Å². The summed E-state index contributed by atoms with van der Waals surface area (Å²) in [4.78, 5) is 2.39. The molecule has 7 aromatic rings. The number of hydrogen-bond acceptors (Lipinski definition) is 5. The second-order valence-corrected chi connectivity index (χ2v) is 13.8. The minimum Gasteiger partial charge on any atom is -0.427 e. The Bertz CT molecular complexity index is 2090. The second-order valence-electron chi connectivity index (χ2n) is 11.7. The number of rotatable bonds is 7. The Balaban J connectivity index is 1.51. The Labute approximate surface area is 254 Å². The third-order valence-corrected chi connectivity index (χ3v) is 10.7. The van der Waals surface area contributed by atoms with Crippen molar-refractivity contribution in [2.45, 2.75) is 38.9 Å². The normalized spacial score (nSPS) is 12.5. The zero-order valence-electron chi connectivity index (χ0n) is 24.1. The first-order valence-electron chi connectivity index (χ1n) is 14.2. The molecule has 207 valence electrons. The molecule has 1 radical (unpaired) electrons. The third kappa shape index (κ3) is 4.50. The molecule has 5 aromatic carbocycles. The van der Waals surface area contributed by atoms with E-state index in [1.165, 1.54) is 40.3 Å². The van der Waals surface area contributed by atoms with Crippen LogP contribution in [0.25, 0.3) is 40.3 Å². The molecule has 2 heterocycles. The summed E-state index contributed by atoms with van der Waals surface area (Å²) >= 11 is 3.66. The van der Waals surface area contributed by atoms with Gasteiger partial charge in [0.2, 0.25) is 0 Å². The Morgan fingerprint density at radius 3 is 1.95 bits per heavy atom. The minimum absolute atomic E-state index is 0.792. The molecule has 0 unspecified atom stereocenters. The van der Waals surface area contributed by atoms with Gasteiger partial charge in [-0.25, -0.2) is 0 Å². The maximum Gasteiger partial charge on any atom is 0.333 e. The van der Waals surface area contributed by atoms with Gasteiger partial charge in [0.25, 0.3) is 0 Å². The number of fused-ring (bicyclic) bond motifs is 6. The number of anilines is 3. The highest BCUT2D eigenvalue weighted by atomic mass is 32.1. The van der Waals surface area contributed by atoms with Crippen LogP contribution in [0, 0.1) is 0 Å². The minimum atomic E-state index is -1.03. The Hall–Kier alpha value is -3.68. The molecule has 0 amide bonds. The third-order valence-electron chi connectivity index (χ3n) is 8.38.